The van der Waals surface area contributed by atoms with E-state index in [1.54, 1.807) is 12.1 Å². The van der Waals surface area contributed by atoms with Crippen LogP contribution in [0.15, 0.2) is 48.5 Å². The summed E-state index contributed by atoms with van der Waals surface area (Å²) in [5.41, 5.74) is 2.45. The van der Waals surface area contributed by atoms with Crippen molar-refractivity contribution in [2.75, 3.05) is 11.9 Å². The molecule has 0 radical (unpaired) electrons. The van der Waals surface area contributed by atoms with Gasteiger partial charge in [-0.3, -0.25) is 9.59 Å². The lowest BCUT2D eigenvalue weighted by Crippen LogP contribution is -2.33. The van der Waals surface area contributed by atoms with E-state index in [0.717, 1.165) is 11.1 Å². The van der Waals surface area contributed by atoms with Crippen molar-refractivity contribution in [1.82, 2.24) is 5.32 Å². The predicted octanol–water partition coefficient (Wildman–Crippen LogP) is 2.95. The molecule has 0 saturated carbocycles. The Morgan fingerprint density at radius 2 is 1.77 bits per heavy atom. The molecule has 0 atom stereocenters. The molecule has 2 amide bonds. The molecular formula is C17H17ClN2O2. The van der Waals surface area contributed by atoms with Gasteiger partial charge in [-0.15, -0.1) is 0 Å². The molecule has 5 heteroatoms. The van der Waals surface area contributed by atoms with Crippen LogP contribution in [0, 0.1) is 6.92 Å². The number of anilines is 1. The zero-order valence-electron chi connectivity index (χ0n) is 12.2. The molecule has 4 nitrogen and oxygen atoms in total. The lowest BCUT2D eigenvalue weighted by molar-refractivity contribution is -0.123. The Kier molecular flexibility index (Phi) is 5.55. The highest BCUT2D eigenvalue weighted by Gasteiger charge is 2.08. The number of nitrogens with one attached hydrogen (secondary N) is 2. The standard InChI is InChI=1S/C17H17ClN2O2/c1-12-7-8-15(14(18)9-12)20-17(22)11-19-16(21)10-13-5-3-2-4-6-13/h2-9H,10-11H2,1H3,(H,19,21)(H,20,22). The third-order valence-electron chi connectivity index (χ3n) is 3.05. The van der Waals surface area contributed by atoms with Crippen LogP contribution in [0.4, 0.5) is 5.69 Å². The van der Waals surface area contributed by atoms with E-state index in [9.17, 15) is 9.59 Å². The van der Waals surface area contributed by atoms with Gasteiger partial charge in [0.25, 0.3) is 0 Å². The summed E-state index contributed by atoms with van der Waals surface area (Å²) in [6, 6.07) is 14.7. The van der Waals surface area contributed by atoms with E-state index in [1.165, 1.54) is 0 Å². The van der Waals surface area contributed by atoms with E-state index in [0.29, 0.717) is 10.7 Å². The number of hydrogen-bond donors (Lipinski definition) is 2. The average Bonchev–Trinajstić information content (AvgIpc) is 2.49. The topological polar surface area (TPSA) is 58.2 Å². The molecule has 0 heterocycles. The Bertz CT molecular complexity index is 672. The van der Waals surface area contributed by atoms with Crippen molar-refractivity contribution in [3.63, 3.8) is 0 Å². The van der Waals surface area contributed by atoms with E-state index in [2.05, 4.69) is 10.6 Å². The first kappa shape index (κ1) is 16.0. The van der Waals surface area contributed by atoms with Crippen LogP contribution in [0.1, 0.15) is 11.1 Å². The Labute approximate surface area is 134 Å². The molecule has 2 aromatic rings. The first-order valence-corrected chi connectivity index (χ1v) is 7.29. The van der Waals surface area contributed by atoms with Crippen LogP contribution in [0.25, 0.3) is 0 Å². The number of carbonyl (C=O) groups excluding carboxylic acids is 2. The van der Waals surface area contributed by atoms with Crippen molar-refractivity contribution in [2.45, 2.75) is 13.3 Å². The number of hydrogen-bond acceptors (Lipinski definition) is 2. The number of benzene rings is 2. The monoisotopic (exact) mass is 316 g/mol. The van der Waals surface area contributed by atoms with Crippen LogP contribution in [0.3, 0.4) is 0 Å². The fourth-order valence-corrected chi connectivity index (χ4v) is 2.22. The van der Waals surface area contributed by atoms with Gasteiger partial charge in [-0.25, -0.2) is 0 Å². The number of aryl methyl sites for hydroxylation is 1. The van der Waals surface area contributed by atoms with Gasteiger partial charge in [0.05, 0.1) is 23.7 Å². The number of carbonyl (C=O) groups is 2. The van der Waals surface area contributed by atoms with Gasteiger partial charge in [0.1, 0.15) is 0 Å². The molecule has 114 valence electrons. The molecule has 0 spiro atoms. The van der Waals surface area contributed by atoms with Crippen molar-refractivity contribution in [2.24, 2.45) is 0 Å². The summed E-state index contributed by atoms with van der Waals surface area (Å²) in [6.07, 6.45) is 0.249. The maximum absolute atomic E-state index is 11.8. The van der Waals surface area contributed by atoms with E-state index in [-0.39, 0.29) is 24.8 Å². The van der Waals surface area contributed by atoms with Gasteiger partial charge in [-0.1, -0.05) is 48.0 Å². The van der Waals surface area contributed by atoms with Crippen molar-refractivity contribution in [3.05, 3.63) is 64.7 Å². The average molecular weight is 317 g/mol. The molecule has 0 fully saturated rings. The molecule has 0 aliphatic heterocycles. The molecule has 0 saturated heterocycles. The summed E-state index contributed by atoms with van der Waals surface area (Å²) in [7, 11) is 0. The van der Waals surface area contributed by atoms with Gasteiger partial charge in [0.2, 0.25) is 11.8 Å². The predicted molar refractivity (Wildman–Crippen MR) is 88.0 cm³/mol. The Balaban J connectivity index is 1.81. The minimum absolute atomic E-state index is 0.0874. The fraction of sp³-hybridized carbons (Fsp3) is 0.176. The molecule has 0 bridgehead atoms. The van der Waals surface area contributed by atoms with Gasteiger partial charge < -0.3 is 10.6 Å². The third-order valence-corrected chi connectivity index (χ3v) is 3.37. The second-order valence-electron chi connectivity index (χ2n) is 4.97. The lowest BCUT2D eigenvalue weighted by atomic mass is 10.1. The summed E-state index contributed by atoms with van der Waals surface area (Å²) in [5, 5.41) is 5.73. The molecule has 0 aliphatic rings. The van der Waals surface area contributed by atoms with Crippen LogP contribution < -0.4 is 10.6 Å². The third kappa shape index (κ3) is 4.90. The quantitative estimate of drug-likeness (QED) is 0.891. The van der Waals surface area contributed by atoms with Gasteiger partial charge in [0.15, 0.2) is 0 Å². The van der Waals surface area contributed by atoms with E-state index in [4.69, 9.17) is 11.6 Å². The lowest BCUT2D eigenvalue weighted by Gasteiger charge is -2.09. The van der Waals surface area contributed by atoms with Gasteiger partial charge in [-0.2, -0.15) is 0 Å². The smallest absolute Gasteiger partial charge is 0.243 e. The summed E-state index contributed by atoms with van der Waals surface area (Å²) >= 11 is 6.04. The Morgan fingerprint density at radius 1 is 1.05 bits per heavy atom. The first-order valence-electron chi connectivity index (χ1n) is 6.91. The van der Waals surface area contributed by atoms with Gasteiger partial charge >= 0.3 is 0 Å². The molecule has 2 rings (SSSR count). The van der Waals surface area contributed by atoms with Crippen LogP contribution in [-0.4, -0.2) is 18.4 Å². The first-order chi connectivity index (χ1) is 10.5. The zero-order chi connectivity index (χ0) is 15.9. The summed E-state index contributed by atoms with van der Waals surface area (Å²) < 4.78 is 0. The molecule has 2 N–H and O–H groups in total. The molecular weight excluding hydrogens is 300 g/mol. The number of rotatable bonds is 5. The van der Waals surface area contributed by atoms with Gasteiger partial charge in [-0.05, 0) is 30.2 Å². The molecule has 0 aromatic heterocycles. The van der Waals surface area contributed by atoms with Crippen LogP contribution in [0.5, 0.6) is 0 Å². The van der Waals surface area contributed by atoms with Crippen molar-refractivity contribution in [1.29, 1.82) is 0 Å². The molecule has 2 aromatic carbocycles. The minimum atomic E-state index is -0.313. The number of halogens is 1. The maximum atomic E-state index is 11.8. The summed E-state index contributed by atoms with van der Waals surface area (Å²) in [6.45, 7) is 1.83. The largest absolute Gasteiger partial charge is 0.347 e. The van der Waals surface area contributed by atoms with Crippen LogP contribution in [-0.2, 0) is 16.0 Å². The van der Waals surface area contributed by atoms with E-state index < -0.39 is 0 Å². The Hall–Kier alpha value is -2.33. The van der Waals surface area contributed by atoms with E-state index in [1.807, 2.05) is 43.3 Å². The normalized spacial score (nSPS) is 10.1. The minimum Gasteiger partial charge on any atom is -0.347 e. The van der Waals surface area contributed by atoms with Gasteiger partial charge in [0, 0.05) is 0 Å². The maximum Gasteiger partial charge on any atom is 0.243 e. The highest BCUT2D eigenvalue weighted by Crippen LogP contribution is 2.22. The van der Waals surface area contributed by atoms with E-state index >= 15 is 0 Å². The summed E-state index contributed by atoms with van der Waals surface area (Å²) in [4.78, 5) is 23.6. The number of amides is 2. The second-order valence-corrected chi connectivity index (χ2v) is 5.38. The SMILES string of the molecule is Cc1ccc(NC(=O)CNC(=O)Cc2ccccc2)c(Cl)c1. The van der Waals surface area contributed by atoms with Crippen LogP contribution in [0.2, 0.25) is 5.02 Å². The molecule has 22 heavy (non-hydrogen) atoms. The van der Waals surface area contributed by atoms with Crippen LogP contribution >= 0.6 is 11.6 Å². The fourth-order valence-electron chi connectivity index (χ4n) is 1.94. The highest BCUT2D eigenvalue weighted by molar-refractivity contribution is 6.33. The zero-order valence-corrected chi connectivity index (χ0v) is 13.0. The van der Waals surface area contributed by atoms with Crippen molar-refractivity contribution < 1.29 is 9.59 Å². The van der Waals surface area contributed by atoms with Crippen molar-refractivity contribution in [3.8, 4) is 0 Å². The molecule has 0 aliphatic carbocycles. The molecule has 0 unspecified atom stereocenters. The summed E-state index contributed by atoms with van der Waals surface area (Å²) in [5.74, 6) is -0.511. The Morgan fingerprint density at radius 3 is 2.45 bits per heavy atom. The second kappa shape index (κ2) is 7.61. The van der Waals surface area contributed by atoms with Crippen molar-refractivity contribution >= 4 is 29.1 Å². The highest BCUT2D eigenvalue weighted by atomic mass is 35.5.